The van der Waals surface area contributed by atoms with Crippen molar-refractivity contribution in [1.82, 2.24) is 9.62 Å². The molecule has 2 aliphatic heterocycles. The Balaban J connectivity index is 1.64. The maximum Gasteiger partial charge on any atom is 0.409 e. The predicted molar refractivity (Wildman–Crippen MR) is 92.5 cm³/mol. The van der Waals surface area contributed by atoms with Crippen LogP contribution >= 0.6 is 0 Å². The van der Waals surface area contributed by atoms with Crippen LogP contribution in [0.3, 0.4) is 0 Å². The molecule has 0 radical (unpaired) electrons. The summed E-state index contributed by atoms with van der Waals surface area (Å²) in [4.78, 5) is 24.7. The van der Waals surface area contributed by atoms with Crippen molar-refractivity contribution in [2.24, 2.45) is 0 Å². The molecule has 26 heavy (non-hydrogen) atoms. The van der Waals surface area contributed by atoms with E-state index in [4.69, 9.17) is 9.47 Å². The number of amides is 2. The van der Waals surface area contributed by atoms with Crippen LogP contribution in [0.1, 0.15) is 19.8 Å². The van der Waals surface area contributed by atoms with Gasteiger partial charge in [-0.15, -0.1) is 0 Å². The maximum absolute atomic E-state index is 12.6. The molecule has 9 nitrogen and oxygen atoms in total. The topological polar surface area (TPSA) is 114 Å². The van der Waals surface area contributed by atoms with Crippen molar-refractivity contribution in [3.8, 4) is 5.75 Å². The van der Waals surface area contributed by atoms with E-state index in [1.165, 1.54) is 18.2 Å². The zero-order valence-electron chi connectivity index (χ0n) is 14.4. The summed E-state index contributed by atoms with van der Waals surface area (Å²) in [7, 11) is -3.75. The van der Waals surface area contributed by atoms with E-state index in [1.54, 1.807) is 11.8 Å². The Bertz CT molecular complexity index is 802. The molecular formula is C16H21N3O6S. The van der Waals surface area contributed by atoms with Gasteiger partial charge >= 0.3 is 6.09 Å². The normalized spacial score (nSPS) is 17.9. The molecule has 0 bridgehead atoms. The molecule has 0 saturated carbocycles. The number of nitrogens with one attached hydrogen (secondary N) is 2. The second kappa shape index (κ2) is 7.50. The highest BCUT2D eigenvalue weighted by Crippen LogP contribution is 2.30. The van der Waals surface area contributed by atoms with Gasteiger partial charge in [0, 0.05) is 19.1 Å². The fourth-order valence-electron chi connectivity index (χ4n) is 2.91. The van der Waals surface area contributed by atoms with Crippen LogP contribution in [0.25, 0.3) is 0 Å². The van der Waals surface area contributed by atoms with Gasteiger partial charge in [0.05, 0.1) is 17.2 Å². The predicted octanol–water partition coefficient (Wildman–Crippen LogP) is 0.917. The molecule has 0 aromatic heterocycles. The van der Waals surface area contributed by atoms with Crippen LogP contribution in [-0.4, -0.2) is 57.7 Å². The van der Waals surface area contributed by atoms with Crippen molar-refractivity contribution in [3.63, 3.8) is 0 Å². The lowest BCUT2D eigenvalue weighted by Crippen LogP contribution is -2.46. The van der Waals surface area contributed by atoms with Gasteiger partial charge in [-0.1, -0.05) is 0 Å². The zero-order valence-corrected chi connectivity index (χ0v) is 15.2. The highest BCUT2D eigenvalue weighted by atomic mass is 32.2. The largest absolute Gasteiger partial charge is 0.482 e. The Hall–Kier alpha value is -2.33. The van der Waals surface area contributed by atoms with Gasteiger partial charge in [0.15, 0.2) is 6.61 Å². The highest BCUT2D eigenvalue weighted by molar-refractivity contribution is 7.89. The van der Waals surface area contributed by atoms with Crippen LogP contribution in [0, 0.1) is 0 Å². The number of carbonyl (C=O) groups is 2. The van der Waals surface area contributed by atoms with E-state index in [9.17, 15) is 18.0 Å². The number of nitrogens with zero attached hydrogens (tertiary/aromatic N) is 1. The SMILES string of the molecule is CCOC(=O)N1CCC(NS(=O)(=O)c2ccc3c(c2)NC(=O)CO3)CC1. The van der Waals surface area contributed by atoms with Crippen molar-refractivity contribution in [2.75, 3.05) is 31.6 Å². The fraction of sp³-hybridized carbons (Fsp3) is 0.500. The summed E-state index contributed by atoms with van der Waals surface area (Å²) in [6.45, 7) is 2.82. The summed E-state index contributed by atoms with van der Waals surface area (Å²) < 4.78 is 38.1. The van der Waals surface area contributed by atoms with E-state index >= 15 is 0 Å². The van der Waals surface area contributed by atoms with Crippen molar-refractivity contribution >= 4 is 27.7 Å². The third-order valence-electron chi connectivity index (χ3n) is 4.24. The summed E-state index contributed by atoms with van der Waals surface area (Å²) >= 11 is 0. The number of sulfonamides is 1. The Morgan fingerprint density at radius 1 is 1.38 bits per heavy atom. The fourth-order valence-corrected chi connectivity index (χ4v) is 4.24. The Kier molecular flexibility index (Phi) is 5.33. The molecule has 2 aliphatic rings. The van der Waals surface area contributed by atoms with Crippen molar-refractivity contribution < 1.29 is 27.5 Å². The molecule has 10 heteroatoms. The Morgan fingerprint density at radius 3 is 2.81 bits per heavy atom. The average Bonchev–Trinajstić information content (AvgIpc) is 2.61. The summed E-state index contributed by atoms with van der Waals surface area (Å²) in [6.07, 6.45) is 0.630. The monoisotopic (exact) mass is 383 g/mol. The van der Waals surface area contributed by atoms with E-state index in [1.807, 2.05) is 0 Å². The van der Waals surface area contributed by atoms with Crippen molar-refractivity contribution in [3.05, 3.63) is 18.2 Å². The third-order valence-corrected chi connectivity index (χ3v) is 5.76. The molecule has 0 aliphatic carbocycles. The molecule has 1 aromatic carbocycles. The number of piperidine rings is 1. The van der Waals surface area contributed by atoms with Crippen LogP contribution in [0.5, 0.6) is 5.75 Å². The first-order chi connectivity index (χ1) is 12.4. The summed E-state index contributed by atoms with van der Waals surface area (Å²) in [6, 6.07) is 4.06. The molecule has 0 atom stereocenters. The van der Waals surface area contributed by atoms with Gasteiger partial charge in [0.2, 0.25) is 10.0 Å². The number of hydrogen-bond acceptors (Lipinski definition) is 6. The second-order valence-electron chi connectivity index (χ2n) is 6.08. The quantitative estimate of drug-likeness (QED) is 0.799. The maximum atomic E-state index is 12.6. The minimum absolute atomic E-state index is 0.0508. The van der Waals surface area contributed by atoms with E-state index < -0.39 is 10.0 Å². The van der Waals surface area contributed by atoms with E-state index in [2.05, 4.69) is 10.0 Å². The minimum atomic E-state index is -3.75. The molecule has 1 aromatic rings. The van der Waals surface area contributed by atoms with Crippen LogP contribution in [0.4, 0.5) is 10.5 Å². The molecule has 1 saturated heterocycles. The molecule has 3 rings (SSSR count). The van der Waals surface area contributed by atoms with Crippen LogP contribution in [0.15, 0.2) is 23.1 Å². The smallest absolute Gasteiger partial charge is 0.409 e. The van der Waals surface area contributed by atoms with Crippen LogP contribution in [-0.2, 0) is 19.6 Å². The first kappa shape index (κ1) is 18.5. The van der Waals surface area contributed by atoms with Crippen LogP contribution in [0.2, 0.25) is 0 Å². The second-order valence-corrected chi connectivity index (χ2v) is 7.79. The van der Waals surface area contributed by atoms with E-state index in [-0.39, 0.29) is 29.5 Å². The average molecular weight is 383 g/mol. The van der Waals surface area contributed by atoms with Gasteiger partial charge in [-0.2, -0.15) is 0 Å². The summed E-state index contributed by atoms with van der Waals surface area (Å²) in [5.41, 5.74) is 0.334. The van der Waals surface area contributed by atoms with Gasteiger partial charge in [0.25, 0.3) is 5.91 Å². The molecule has 2 amide bonds. The van der Waals surface area contributed by atoms with Gasteiger partial charge in [0.1, 0.15) is 5.75 Å². The van der Waals surface area contributed by atoms with Gasteiger partial charge in [-0.25, -0.2) is 17.9 Å². The lowest BCUT2D eigenvalue weighted by atomic mass is 10.1. The molecule has 1 fully saturated rings. The van der Waals surface area contributed by atoms with E-state index in [0.29, 0.717) is 44.0 Å². The summed E-state index contributed by atoms with van der Waals surface area (Å²) in [5, 5.41) is 2.59. The number of likely N-dealkylation sites (tertiary alicyclic amines) is 1. The lowest BCUT2D eigenvalue weighted by Gasteiger charge is -2.31. The molecule has 2 N–H and O–H groups in total. The third kappa shape index (κ3) is 4.07. The van der Waals surface area contributed by atoms with Crippen LogP contribution < -0.4 is 14.8 Å². The Labute approximate surface area is 151 Å². The first-order valence-corrected chi connectivity index (χ1v) is 9.88. The Morgan fingerprint density at radius 2 is 2.12 bits per heavy atom. The van der Waals surface area contributed by atoms with Crippen molar-refractivity contribution in [1.29, 1.82) is 0 Å². The number of rotatable bonds is 4. The number of fused-ring (bicyclic) bond motifs is 1. The molecular weight excluding hydrogens is 362 g/mol. The molecule has 142 valence electrons. The number of anilines is 1. The molecule has 0 unspecified atom stereocenters. The number of benzene rings is 1. The number of hydrogen-bond donors (Lipinski definition) is 2. The first-order valence-electron chi connectivity index (χ1n) is 8.40. The van der Waals surface area contributed by atoms with Gasteiger partial charge < -0.3 is 19.7 Å². The summed E-state index contributed by atoms with van der Waals surface area (Å²) in [5.74, 6) is 0.109. The number of carbonyl (C=O) groups excluding carboxylic acids is 2. The van der Waals surface area contributed by atoms with E-state index in [0.717, 1.165) is 0 Å². The molecule has 0 spiro atoms. The number of ether oxygens (including phenoxy) is 2. The zero-order chi connectivity index (χ0) is 18.7. The van der Waals surface area contributed by atoms with Gasteiger partial charge in [-0.3, -0.25) is 4.79 Å². The van der Waals surface area contributed by atoms with Crippen molar-refractivity contribution in [2.45, 2.75) is 30.7 Å². The highest BCUT2D eigenvalue weighted by Gasteiger charge is 2.28. The lowest BCUT2D eigenvalue weighted by molar-refractivity contribution is -0.118. The minimum Gasteiger partial charge on any atom is -0.482 e. The molecule has 2 heterocycles. The standard InChI is InChI=1S/C16H21N3O6S/c1-2-24-16(21)19-7-5-11(6-8-19)18-26(22,23)12-3-4-14-13(9-12)17-15(20)10-25-14/h3-4,9,11,18H,2,5-8,10H2,1H3,(H,17,20). The van der Waals surface area contributed by atoms with Gasteiger partial charge in [-0.05, 0) is 38.0 Å².